The fourth-order valence-corrected chi connectivity index (χ4v) is 2.40. The number of unbranched alkanes of at least 4 members (excludes halogenated alkanes) is 8. The Balaban J connectivity index is 0.000000423. The van der Waals surface area contributed by atoms with Crippen LogP contribution in [0.15, 0.2) is 30.9 Å². The minimum Gasteiger partial charge on any atom is -0.504 e. The van der Waals surface area contributed by atoms with E-state index in [2.05, 4.69) is 20.4 Å². The SMILES string of the molecule is C=CCc1ccc(O)c(OC)c1.CCCCCCCCCCC. The number of aromatic hydroxyl groups is 1. The molecule has 0 radical (unpaired) electrons. The predicted molar refractivity (Wildman–Crippen MR) is 101 cm³/mol. The molecule has 0 fully saturated rings. The molecule has 1 aromatic rings. The van der Waals surface area contributed by atoms with E-state index < -0.39 is 0 Å². The quantitative estimate of drug-likeness (QED) is 0.364. The second kappa shape index (κ2) is 15.5. The number of ether oxygens (including phenoxy) is 1. The van der Waals surface area contributed by atoms with Gasteiger partial charge in [0.05, 0.1) is 7.11 Å². The fraction of sp³-hybridized carbons (Fsp3) is 0.619. The summed E-state index contributed by atoms with van der Waals surface area (Å²) in [5, 5.41) is 9.25. The summed E-state index contributed by atoms with van der Waals surface area (Å²) in [5.41, 5.74) is 1.08. The summed E-state index contributed by atoms with van der Waals surface area (Å²) in [6.07, 6.45) is 15.5. The first-order chi connectivity index (χ1) is 11.2. The molecule has 0 spiro atoms. The number of phenols is 1. The number of hydrogen-bond acceptors (Lipinski definition) is 2. The molecule has 0 aliphatic carbocycles. The zero-order valence-corrected chi connectivity index (χ0v) is 15.4. The van der Waals surface area contributed by atoms with E-state index in [4.69, 9.17) is 4.74 Å². The highest BCUT2D eigenvalue weighted by Crippen LogP contribution is 2.26. The van der Waals surface area contributed by atoms with E-state index >= 15 is 0 Å². The predicted octanol–water partition coefficient (Wildman–Crippen LogP) is 6.67. The summed E-state index contributed by atoms with van der Waals surface area (Å²) in [6.45, 7) is 8.18. The molecule has 1 rings (SSSR count). The number of hydrogen-bond donors (Lipinski definition) is 1. The van der Waals surface area contributed by atoms with Crippen LogP contribution >= 0.6 is 0 Å². The van der Waals surface area contributed by atoms with Crippen LogP contribution in [0.2, 0.25) is 0 Å². The lowest BCUT2D eigenvalue weighted by Gasteiger charge is -2.04. The summed E-state index contributed by atoms with van der Waals surface area (Å²) in [4.78, 5) is 0. The van der Waals surface area contributed by atoms with E-state index in [0.717, 1.165) is 12.0 Å². The first-order valence-electron chi connectivity index (χ1n) is 9.16. The van der Waals surface area contributed by atoms with Crippen LogP contribution in [-0.4, -0.2) is 12.2 Å². The van der Waals surface area contributed by atoms with Gasteiger partial charge < -0.3 is 9.84 Å². The highest BCUT2D eigenvalue weighted by Gasteiger charge is 2.00. The van der Waals surface area contributed by atoms with Crippen LogP contribution < -0.4 is 4.74 Å². The highest BCUT2D eigenvalue weighted by molar-refractivity contribution is 5.42. The van der Waals surface area contributed by atoms with Crippen molar-refractivity contribution in [1.82, 2.24) is 0 Å². The third-order valence-corrected chi connectivity index (χ3v) is 3.83. The number of phenolic OH excluding ortho intramolecular Hbond substituents is 1. The van der Waals surface area contributed by atoms with Gasteiger partial charge in [-0.3, -0.25) is 0 Å². The van der Waals surface area contributed by atoms with E-state index in [1.807, 2.05) is 12.1 Å². The molecule has 0 unspecified atom stereocenters. The van der Waals surface area contributed by atoms with Gasteiger partial charge in [-0.2, -0.15) is 0 Å². The number of methoxy groups -OCH3 is 1. The minimum atomic E-state index is 0.172. The maximum atomic E-state index is 9.25. The number of allylic oxidation sites excluding steroid dienone is 1. The van der Waals surface area contributed by atoms with Crippen LogP contribution in [0.5, 0.6) is 11.5 Å². The van der Waals surface area contributed by atoms with Crippen LogP contribution in [-0.2, 0) is 6.42 Å². The number of benzene rings is 1. The van der Waals surface area contributed by atoms with Crippen LogP contribution in [0.1, 0.15) is 77.2 Å². The van der Waals surface area contributed by atoms with Gasteiger partial charge in [-0.25, -0.2) is 0 Å². The Bertz CT molecular complexity index is 391. The lowest BCUT2D eigenvalue weighted by atomic mass is 10.1. The molecule has 132 valence electrons. The van der Waals surface area contributed by atoms with E-state index in [0.29, 0.717) is 5.75 Å². The van der Waals surface area contributed by atoms with E-state index in [9.17, 15) is 5.11 Å². The molecule has 0 aliphatic heterocycles. The van der Waals surface area contributed by atoms with Crippen LogP contribution in [0.25, 0.3) is 0 Å². The molecule has 2 nitrogen and oxygen atoms in total. The second-order valence-corrected chi connectivity index (χ2v) is 5.97. The summed E-state index contributed by atoms with van der Waals surface area (Å²) in [5.74, 6) is 0.680. The van der Waals surface area contributed by atoms with Crippen LogP contribution in [0, 0.1) is 0 Å². The molecule has 1 N–H and O–H groups in total. The van der Waals surface area contributed by atoms with Crippen molar-refractivity contribution in [2.45, 2.75) is 78.1 Å². The van der Waals surface area contributed by atoms with Crippen molar-refractivity contribution < 1.29 is 9.84 Å². The van der Waals surface area contributed by atoms with Gasteiger partial charge in [0.25, 0.3) is 0 Å². The normalized spacial score (nSPS) is 9.87. The van der Waals surface area contributed by atoms with E-state index in [1.165, 1.54) is 64.9 Å². The van der Waals surface area contributed by atoms with Gasteiger partial charge in [0.2, 0.25) is 0 Å². The molecule has 0 amide bonds. The Morgan fingerprint density at radius 3 is 1.91 bits per heavy atom. The van der Waals surface area contributed by atoms with Crippen LogP contribution in [0.3, 0.4) is 0 Å². The third kappa shape index (κ3) is 11.7. The van der Waals surface area contributed by atoms with Crippen molar-refractivity contribution in [2.24, 2.45) is 0 Å². The molecule has 0 saturated heterocycles. The maximum Gasteiger partial charge on any atom is 0.160 e. The molecular weight excluding hydrogens is 284 g/mol. The highest BCUT2D eigenvalue weighted by atomic mass is 16.5. The Kier molecular flexibility index (Phi) is 14.5. The second-order valence-electron chi connectivity index (χ2n) is 5.97. The molecule has 2 heteroatoms. The van der Waals surface area contributed by atoms with Crippen molar-refractivity contribution in [3.05, 3.63) is 36.4 Å². The molecule has 0 aromatic heterocycles. The topological polar surface area (TPSA) is 29.5 Å². The molecule has 1 aromatic carbocycles. The van der Waals surface area contributed by atoms with Crippen molar-refractivity contribution >= 4 is 0 Å². The Morgan fingerprint density at radius 1 is 0.957 bits per heavy atom. The maximum absolute atomic E-state index is 9.25. The first-order valence-corrected chi connectivity index (χ1v) is 9.16. The summed E-state index contributed by atoms with van der Waals surface area (Å²) >= 11 is 0. The van der Waals surface area contributed by atoms with Crippen molar-refractivity contribution in [3.63, 3.8) is 0 Å². The smallest absolute Gasteiger partial charge is 0.160 e. The van der Waals surface area contributed by atoms with E-state index in [-0.39, 0.29) is 5.75 Å². The van der Waals surface area contributed by atoms with Crippen molar-refractivity contribution in [3.8, 4) is 11.5 Å². The average molecular weight is 321 g/mol. The fourth-order valence-electron chi connectivity index (χ4n) is 2.40. The molecule has 0 bridgehead atoms. The lowest BCUT2D eigenvalue weighted by Crippen LogP contribution is -1.86. The van der Waals surface area contributed by atoms with Gasteiger partial charge in [0, 0.05) is 0 Å². The van der Waals surface area contributed by atoms with Gasteiger partial charge in [0.15, 0.2) is 11.5 Å². The van der Waals surface area contributed by atoms with E-state index in [1.54, 1.807) is 12.1 Å². The summed E-state index contributed by atoms with van der Waals surface area (Å²) in [6, 6.07) is 5.27. The molecule has 0 atom stereocenters. The standard InChI is InChI=1S/C11H24.C10H12O2/c1-3-5-7-9-11-10-8-6-4-2;1-3-4-8-5-6-9(11)10(7-8)12-2/h3-11H2,1-2H3;3,5-7,11H,1,4H2,2H3. The molecule has 23 heavy (non-hydrogen) atoms. The molecular formula is C21H36O2. The van der Waals surface area contributed by atoms with Crippen LogP contribution in [0.4, 0.5) is 0 Å². The molecule has 0 aliphatic rings. The van der Waals surface area contributed by atoms with Gasteiger partial charge >= 0.3 is 0 Å². The first kappa shape index (κ1) is 21.6. The largest absolute Gasteiger partial charge is 0.504 e. The van der Waals surface area contributed by atoms with Gasteiger partial charge in [-0.15, -0.1) is 6.58 Å². The van der Waals surface area contributed by atoms with Gasteiger partial charge in [0.1, 0.15) is 0 Å². The Hall–Kier alpha value is -1.44. The molecule has 0 heterocycles. The summed E-state index contributed by atoms with van der Waals surface area (Å²) < 4.78 is 4.95. The Labute approximate surface area is 143 Å². The monoisotopic (exact) mass is 320 g/mol. The molecule has 0 saturated carbocycles. The minimum absolute atomic E-state index is 0.172. The van der Waals surface area contributed by atoms with Gasteiger partial charge in [-0.1, -0.05) is 83.8 Å². The Morgan fingerprint density at radius 2 is 1.48 bits per heavy atom. The van der Waals surface area contributed by atoms with Crippen molar-refractivity contribution in [1.29, 1.82) is 0 Å². The zero-order chi connectivity index (χ0) is 17.3. The average Bonchev–Trinajstić information content (AvgIpc) is 2.57. The van der Waals surface area contributed by atoms with Gasteiger partial charge in [-0.05, 0) is 24.1 Å². The number of rotatable bonds is 11. The third-order valence-electron chi connectivity index (χ3n) is 3.83. The lowest BCUT2D eigenvalue weighted by molar-refractivity contribution is 0.373. The van der Waals surface area contributed by atoms with Crippen molar-refractivity contribution in [2.75, 3.05) is 7.11 Å². The zero-order valence-electron chi connectivity index (χ0n) is 15.4. The summed E-state index contributed by atoms with van der Waals surface area (Å²) in [7, 11) is 1.53.